The van der Waals surface area contributed by atoms with Crippen LogP contribution in [0.2, 0.25) is 0 Å². The molecule has 7 heteroatoms. The van der Waals surface area contributed by atoms with E-state index in [-0.39, 0.29) is 24.3 Å². The fraction of sp³-hybridized carbons (Fsp3) is 0.424. The molecule has 0 N–H and O–H groups in total. The third-order valence-corrected chi connectivity index (χ3v) is 8.72. The molecule has 0 amide bonds. The topological polar surface area (TPSA) is 72.5 Å². The molecule has 40 heavy (non-hydrogen) atoms. The maximum Gasteiger partial charge on any atom is 0.306 e. The molecule has 3 heterocycles. The Morgan fingerprint density at radius 3 is 2.77 bits per heavy atom. The van der Waals surface area contributed by atoms with E-state index in [2.05, 4.69) is 37.3 Å². The average molecular weight is 543 g/mol. The first-order chi connectivity index (χ1) is 19.6. The van der Waals surface area contributed by atoms with Gasteiger partial charge in [0, 0.05) is 17.5 Å². The van der Waals surface area contributed by atoms with E-state index in [1.165, 1.54) is 34.9 Å². The Bertz CT molecular complexity index is 1450. The zero-order valence-electron chi connectivity index (χ0n) is 22.9. The Kier molecular flexibility index (Phi) is 6.64. The number of methoxy groups -OCH3 is 1. The number of esters is 1. The van der Waals surface area contributed by atoms with Crippen LogP contribution in [-0.2, 0) is 38.5 Å². The zero-order chi connectivity index (χ0) is 27.2. The summed E-state index contributed by atoms with van der Waals surface area (Å²) in [6.45, 7) is 4.45. The summed E-state index contributed by atoms with van der Waals surface area (Å²) in [5.74, 6) is 2.65. The van der Waals surface area contributed by atoms with Crippen molar-refractivity contribution in [2.45, 2.75) is 57.5 Å². The predicted molar refractivity (Wildman–Crippen MR) is 148 cm³/mol. The van der Waals surface area contributed by atoms with E-state index in [1.807, 2.05) is 18.2 Å². The van der Waals surface area contributed by atoms with Gasteiger partial charge in [0.2, 0.25) is 0 Å². The van der Waals surface area contributed by atoms with Gasteiger partial charge in [0.15, 0.2) is 6.29 Å². The van der Waals surface area contributed by atoms with Crippen LogP contribution in [0.5, 0.6) is 17.2 Å². The molecule has 7 rings (SSSR count). The molecule has 0 bridgehead atoms. The van der Waals surface area contributed by atoms with Crippen molar-refractivity contribution in [1.29, 1.82) is 0 Å². The number of hydrogen-bond donors (Lipinski definition) is 0. The summed E-state index contributed by atoms with van der Waals surface area (Å²) in [6, 6.07) is 16.7. The van der Waals surface area contributed by atoms with Crippen molar-refractivity contribution in [2.75, 3.05) is 26.9 Å². The molecule has 7 nitrogen and oxygen atoms in total. The summed E-state index contributed by atoms with van der Waals surface area (Å²) >= 11 is 0. The van der Waals surface area contributed by atoms with E-state index in [4.69, 9.17) is 28.4 Å². The van der Waals surface area contributed by atoms with Crippen LogP contribution < -0.4 is 14.2 Å². The van der Waals surface area contributed by atoms with Gasteiger partial charge in [0.1, 0.15) is 30.0 Å². The third-order valence-electron chi connectivity index (χ3n) is 8.72. The van der Waals surface area contributed by atoms with Crippen LogP contribution in [0.1, 0.15) is 46.6 Å². The maximum absolute atomic E-state index is 11.7. The van der Waals surface area contributed by atoms with Gasteiger partial charge in [0.25, 0.3) is 0 Å². The molecule has 0 saturated carbocycles. The molecular formula is C33H34O7. The van der Waals surface area contributed by atoms with Crippen molar-refractivity contribution < 1.29 is 33.2 Å². The largest absolute Gasteiger partial charge is 0.492 e. The van der Waals surface area contributed by atoms with Gasteiger partial charge in [-0.15, -0.1) is 0 Å². The van der Waals surface area contributed by atoms with E-state index in [0.29, 0.717) is 32.2 Å². The van der Waals surface area contributed by atoms with Crippen molar-refractivity contribution in [1.82, 2.24) is 0 Å². The minimum Gasteiger partial charge on any atom is -0.492 e. The quantitative estimate of drug-likeness (QED) is 0.347. The highest BCUT2D eigenvalue weighted by Crippen LogP contribution is 2.44. The highest BCUT2D eigenvalue weighted by atomic mass is 16.7. The average Bonchev–Trinajstić information content (AvgIpc) is 3.67. The van der Waals surface area contributed by atoms with E-state index < -0.39 is 0 Å². The molecule has 4 atom stereocenters. The molecule has 2 saturated heterocycles. The van der Waals surface area contributed by atoms with Crippen LogP contribution in [0, 0.1) is 12.8 Å². The summed E-state index contributed by atoms with van der Waals surface area (Å²) in [5.41, 5.74) is 8.59. The number of benzene rings is 3. The van der Waals surface area contributed by atoms with Crippen molar-refractivity contribution >= 4 is 5.97 Å². The number of ether oxygens (including phenoxy) is 6. The summed E-state index contributed by atoms with van der Waals surface area (Å²) < 4.78 is 34.8. The summed E-state index contributed by atoms with van der Waals surface area (Å²) in [5, 5.41) is 0. The van der Waals surface area contributed by atoms with Crippen LogP contribution in [0.4, 0.5) is 0 Å². The number of aryl methyl sites for hydroxylation is 1. The van der Waals surface area contributed by atoms with Gasteiger partial charge in [-0.2, -0.15) is 0 Å². The van der Waals surface area contributed by atoms with Crippen LogP contribution in [0.25, 0.3) is 11.1 Å². The molecule has 4 aliphatic rings. The minimum atomic E-state index is -0.227. The second-order valence-electron chi connectivity index (χ2n) is 11.2. The number of fused-ring (bicyclic) bond motifs is 3. The molecule has 0 aromatic heterocycles. The van der Waals surface area contributed by atoms with Gasteiger partial charge in [-0.05, 0) is 77.8 Å². The van der Waals surface area contributed by atoms with Crippen LogP contribution in [0.15, 0.2) is 48.5 Å². The molecule has 3 aromatic carbocycles. The highest BCUT2D eigenvalue weighted by molar-refractivity contribution is 5.76. The maximum atomic E-state index is 11.7. The fourth-order valence-corrected chi connectivity index (χ4v) is 6.52. The Morgan fingerprint density at radius 1 is 1.02 bits per heavy atom. The first kappa shape index (κ1) is 25.4. The van der Waals surface area contributed by atoms with E-state index >= 15 is 0 Å². The summed E-state index contributed by atoms with van der Waals surface area (Å²) in [7, 11) is 1.41. The van der Waals surface area contributed by atoms with E-state index in [1.54, 1.807) is 0 Å². The number of rotatable bonds is 8. The zero-order valence-corrected chi connectivity index (χ0v) is 22.9. The van der Waals surface area contributed by atoms with E-state index in [0.717, 1.165) is 54.2 Å². The SMILES string of the molecule is COC(=O)C[C@@H]1COc2cc(OCc3cccc(-c4c(C)cc(O[C@@H]5CO[C@H]6OCC[C@H]65)c5c4CC5)c3)ccc21. The molecule has 3 aliphatic heterocycles. The van der Waals surface area contributed by atoms with Gasteiger partial charge in [-0.3, -0.25) is 4.79 Å². The van der Waals surface area contributed by atoms with E-state index in [9.17, 15) is 4.79 Å². The second-order valence-corrected chi connectivity index (χ2v) is 11.2. The van der Waals surface area contributed by atoms with Gasteiger partial charge in [-0.25, -0.2) is 0 Å². The molecule has 0 spiro atoms. The fourth-order valence-electron chi connectivity index (χ4n) is 6.52. The lowest BCUT2D eigenvalue weighted by molar-refractivity contribution is -0.141. The van der Waals surface area contributed by atoms with Gasteiger partial charge < -0.3 is 28.4 Å². The summed E-state index contributed by atoms with van der Waals surface area (Å²) in [4.78, 5) is 11.7. The first-order valence-corrected chi connectivity index (χ1v) is 14.2. The minimum absolute atomic E-state index is 0.0194. The van der Waals surface area contributed by atoms with Crippen LogP contribution >= 0.6 is 0 Å². The van der Waals surface area contributed by atoms with Crippen LogP contribution in [0.3, 0.4) is 0 Å². The molecule has 208 valence electrons. The Morgan fingerprint density at radius 2 is 1.93 bits per heavy atom. The van der Waals surface area contributed by atoms with Crippen LogP contribution in [-0.4, -0.2) is 45.3 Å². The molecule has 1 aliphatic carbocycles. The number of carbonyl (C=O) groups is 1. The van der Waals surface area contributed by atoms with Gasteiger partial charge >= 0.3 is 5.97 Å². The number of hydrogen-bond acceptors (Lipinski definition) is 7. The van der Waals surface area contributed by atoms with Gasteiger partial charge in [-0.1, -0.05) is 24.3 Å². The lowest BCUT2D eigenvalue weighted by atomic mass is 9.79. The van der Waals surface area contributed by atoms with Gasteiger partial charge in [0.05, 0.1) is 39.3 Å². The first-order valence-electron chi connectivity index (χ1n) is 14.2. The normalized spacial score (nSPS) is 23.9. The monoisotopic (exact) mass is 542 g/mol. The third kappa shape index (κ3) is 4.61. The van der Waals surface area contributed by atoms with Crippen molar-refractivity contribution in [3.05, 3.63) is 76.3 Å². The predicted octanol–water partition coefficient (Wildman–Crippen LogP) is 5.52. The Labute approximate surface area is 234 Å². The lowest BCUT2D eigenvalue weighted by Crippen LogP contribution is -2.27. The standard InChI is InChI=1S/C33H34O7/c1-19-12-29(40-30-18-39-33-27(30)10-11-36-33)25-8-9-26(25)32(19)21-5-3-4-20(13-21)16-37-23-6-7-24-22(14-31(34)35-2)17-38-28(24)15-23/h3-7,12-13,15,22,27,30,33H,8-11,14,16-18H2,1-2H3/t22-,27+,30-,33-/m1/s1. The second kappa shape index (κ2) is 10.5. The molecule has 2 fully saturated rings. The van der Waals surface area contributed by atoms with Crippen molar-refractivity contribution in [3.63, 3.8) is 0 Å². The Balaban J connectivity index is 1.06. The smallest absolute Gasteiger partial charge is 0.306 e. The molecule has 3 aromatic rings. The van der Waals surface area contributed by atoms with Crippen molar-refractivity contribution in [3.8, 4) is 28.4 Å². The highest BCUT2D eigenvalue weighted by Gasteiger charge is 2.43. The lowest BCUT2D eigenvalue weighted by Gasteiger charge is -2.30. The Hall–Kier alpha value is -3.55. The number of carbonyl (C=O) groups excluding carboxylic acids is 1. The summed E-state index contributed by atoms with van der Waals surface area (Å²) in [6.07, 6.45) is 3.38. The molecule has 0 unspecified atom stereocenters. The van der Waals surface area contributed by atoms with Crippen molar-refractivity contribution in [2.24, 2.45) is 5.92 Å². The molecule has 0 radical (unpaired) electrons. The molecular weight excluding hydrogens is 508 g/mol.